The van der Waals surface area contributed by atoms with E-state index in [0.717, 1.165) is 49.1 Å². The van der Waals surface area contributed by atoms with Gasteiger partial charge in [0.1, 0.15) is 16.5 Å². The Hall–Kier alpha value is -1.98. The van der Waals surface area contributed by atoms with Gasteiger partial charge in [0.25, 0.3) is 0 Å². The van der Waals surface area contributed by atoms with Gasteiger partial charge in [0.05, 0.1) is 5.39 Å². The molecule has 0 amide bonds. The van der Waals surface area contributed by atoms with Gasteiger partial charge in [0, 0.05) is 30.1 Å². The molecule has 1 fully saturated rings. The zero-order valence-corrected chi connectivity index (χ0v) is 15.9. The Balaban J connectivity index is 1.94. The lowest BCUT2D eigenvalue weighted by molar-refractivity contribution is 0.724. The van der Waals surface area contributed by atoms with Crippen LogP contribution in [0.1, 0.15) is 22.7 Å². The van der Waals surface area contributed by atoms with Crippen molar-refractivity contribution in [3.05, 3.63) is 40.5 Å². The lowest BCUT2D eigenvalue weighted by Gasteiger charge is -2.23. The average Bonchev–Trinajstić information content (AvgIpc) is 2.77. The van der Waals surface area contributed by atoms with Gasteiger partial charge in [-0.25, -0.2) is 9.97 Å². The van der Waals surface area contributed by atoms with Crippen molar-refractivity contribution in [1.29, 1.82) is 0 Å². The third kappa shape index (κ3) is 3.14. The molecule has 0 aliphatic carbocycles. The standard InChI is InChI=1S/C20H24N4S/c1-13-5-7-16(8-6-13)17-14(2)25-20-18(17)19(22-15(3)23-20)24-11-4-9-21-10-12-24/h5-8,21H,4,9-12H2,1-3H3. The van der Waals surface area contributed by atoms with Gasteiger partial charge < -0.3 is 10.2 Å². The summed E-state index contributed by atoms with van der Waals surface area (Å²) in [5.41, 5.74) is 3.84. The maximum atomic E-state index is 4.88. The fraction of sp³-hybridized carbons (Fsp3) is 0.400. The van der Waals surface area contributed by atoms with E-state index in [-0.39, 0.29) is 0 Å². The largest absolute Gasteiger partial charge is 0.355 e. The monoisotopic (exact) mass is 352 g/mol. The van der Waals surface area contributed by atoms with Crippen molar-refractivity contribution >= 4 is 27.4 Å². The van der Waals surface area contributed by atoms with Gasteiger partial charge in [-0.1, -0.05) is 29.8 Å². The highest BCUT2D eigenvalue weighted by Crippen LogP contribution is 2.41. The third-order valence-corrected chi connectivity index (χ3v) is 5.80. The molecule has 5 heteroatoms. The van der Waals surface area contributed by atoms with Gasteiger partial charge in [-0.15, -0.1) is 11.3 Å². The van der Waals surface area contributed by atoms with Crippen LogP contribution in [0.25, 0.3) is 21.3 Å². The fourth-order valence-corrected chi connectivity index (χ4v) is 4.64. The van der Waals surface area contributed by atoms with Gasteiger partial charge in [-0.05, 0) is 39.3 Å². The highest BCUT2D eigenvalue weighted by Gasteiger charge is 2.21. The molecular formula is C20H24N4S. The molecular weight excluding hydrogens is 328 g/mol. The molecule has 2 aromatic heterocycles. The summed E-state index contributed by atoms with van der Waals surface area (Å²) in [5.74, 6) is 1.96. The van der Waals surface area contributed by atoms with Crippen molar-refractivity contribution in [1.82, 2.24) is 15.3 Å². The lowest BCUT2D eigenvalue weighted by atomic mass is 10.0. The Morgan fingerprint density at radius 3 is 2.60 bits per heavy atom. The van der Waals surface area contributed by atoms with E-state index in [0.29, 0.717) is 0 Å². The van der Waals surface area contributed by atoms with Crippen LogP contribution in [0.2, 0.25) is 0 Å². The number of rotatable bonds is 2. The molecule has 0 spiro atoms. The lowest BCUT2D eigenvalue weighted by Crippen LogP contribution is -2.29. The summed E-state index contributed by atoms with van der Waals surface area (Å²) >= 11 is 1.78. The number of nitrogens with zero attached hydrogens (tertiary/aromatic N) is 3. The molecule has 25 heavy (non-hydrogen) atoms. The van der Waals surface area contributed by atoms with Gasteiger partial charge in [0.15, 0.2) is 0 Å². The second kappa shape index (κ2) is 6.73. The van der Waals surface area contributed by atoms with Crippen LogP contribution >= 0.6 is 11.3 Å². The van der Waals surface area contributed by atoms with Crippen LogP contribution in [0.5, 0.6) is 0 Å². The van der Waals surface area contributed by atoms with E-state index in [2.05, 4.69) is 48.3 Å². The second-order valence-electron chi connectivity index (χ2n) is 6.76. The first kappa shape index (κ1) is 16.5. The molecule has 1 aliphatic heterocycles. The van der Waals surface area contributed by atoms with Crippen molar-refractivity contribution in [2.24, 2.45) is 0 Å². The molecule has 0 atom stereocenters. The summed E-state index contributed by atoms with van der Waals surface area (Å²) in [5, 5.41) is 4.71. The summed E-state index contributed by atoms with van der Waals surface area (Å²) in [4.78, 5) is 14.5. The smallest absolute Gasteiger partial charge is 0.141 e. The minimum Gasteiger partial charge on any atom is -0.355 e. The van der Waals surface area contributed by atoms with Crippen LogP contribution < -0.4 is 10.2 Å². The molecule has 1 aliphatic rings. The number of thiophene rings is 1. The molecule has 3 heterocycles. The highest BCUT2D eigenvalue weighted by molar-refractivity contribution is 7.19. The first-order valence-corrected chi connectivity index (χ1v) is 9.75. The highest BCUT2D eigenvalue weighted by atomic mass is 32.1. The quantitative estimate of drug-likeness (QED) is 0.754. The Morgan fingerprint density at radius 2 is 1.80 bits per heavy atom. The van der Waals surface area contributed by atoms with Crippen LogP contribution in [0.3, 0.4) is 0 Å². The number of aryl methyl sites for hydroxylation is 3. The summed E-state index contributed by atoms with van der Waals surface area (Å²) in [6.45, 7) is 10.5. The van der Waals surface area contributed by atoms with E-state index < -0.39 is 0 Å². The minimum absolute atomic E-state index is 0.858. The average molecular weight is 353 g/mol. The molecule has 0 unspecified atom stereocenters. The second-order valence-corrected chi connectivity index (χ2v) is 7.97. The maximum Gasteiger partial charge on any atom is 0.141 e. The van der Waals surface area contributed by atoms with Crippen LogP contribution in [0, 0.1) is 20.8 Å². The van der Waals surface area contributed by atoms with E-state index in [1.807, 2.05) is 6.92 Å². The van der Waals surface area contributed by atoms with Gasteiger partial charge in [0.2, 0.25) is 0 Å². The van der Waals surface area contributed by atoms with Crippen LogP contribution in [-0.4, -0.2) is 36.1 Å². The zero-order chi connectivity index (χ0) is 17.4. The number of nitrogens with one attached hydrogen (secondary N) is 1. The fourth-order valence-electron chi connectivity index (χ4n) is 3.55. The maximum absolute atomic E-state index is 4.88. The number of anilines is 1. The van der Waals surface area contributed by atoms with E-state index in [1.54, 1.807) is 11.3 Å². The Morgan fingerprint density at radius 1 is 1.00 bits per heavy atom. The molecule has 4 rings (SSSR count). The predicted molar refractivity (Wildman–Crippen MR) is 107 cm³/mol. The number of benzene rings is 1. The summed E-state index contributed by atoms with van der Waals surface area (Å²) in [7, 11) is 0. The molecule has 0 saturated carbocycles. The number of hydrogen-bond acceptors (Lipinski definition) is 5. The molecule has 3 aromatic rings. The Bertz CT molecular complexity index is 890. The van der Waals surface area contributed by atoms with Crippen molar-refractivity contribution in [2.45, 2.75) is 27.2 Å². The van der Waals surface area contributed by atoms with E-state index in [4.69, 9.17) is 9.97 Å². The van der Waals surface area contributed by atoms with Gasteiger partial charge in [-0.3, -0.25) is 0 Å². The zero-order valence-electron chi connectivity index (χ0n) is 15.1. The minimum atomic E-state index is 0.858. The van der Waals surface area contributed by atoms with Crippen molar-refractivity contribution in [3.63, 3.8) is 0 Å². The van der Waals surface area contributed by atoms with Crippen molar-refractivity contribution in [2.75, 3.05) is 31.1 Å². The molecule has 1 N–H and O–H groups in total. The number of fused-ring (bicyclic) bond motifs is 1. The van der Waals surface area contributed by atoms with Crippen LogP contribution in [0.15, 0.2) is 24.3 Å². The van der Waals surface area contributed by atoms with Gasteiger partial charge >= 0.3 is 0 Å². The van der Waals surface area contributed by atoms with E-state index in [9.17, 15) is 0 Å². The topological polar surface area (TPSA) is 41.1 Å². The molecule has 1 saturated heterocycles. The van der Waals surface area contributed by atoms with E-state index >= 15 is 0 Å². The molecule has 4 nitrogen and oxygen atoms in total. The first-order chi connectivity index (χ1) is 12.1. The number of hydrogen-bond donors (Lipinski definition) is 1. The molecule has 0 bridgehead atoms. The van der Waals surface area contributed by atoms with Crippen LogP contribution in [-0.2, 0) is 0 Å². The van der Waals surface area contributed by atoms with Gasteiger partial charge in [-0.2, -0.15) is 0 Å². The Labute approximate surface area is 152 Å². The molecule has 130 valence electrons. The van der Waals surface area contributed by atoms with Crippen molar-refractivity contribution < 1.29 is 0 Å². The van der Waals surface area contributed by atoms with Crippen LogP contribution in [0.4, 0.5) is 5.82 Å². The normalized spacial score (nSPS) is 15.6. The summed E-state index contributed by atoms with van der Waals surface area (Å²) in [6.07, 6.45) is 1.15. The number of aromatic nitrogens is 2. The van der Waals surface area contributed by atoms with Crippen molar-refractivity contribution in [3.8, 4) is 11.1 Å². The third-order valence-electron chi connectivity index (χ3n) is 4.80. The predicted octanol–water partition coefficient (Wildman–Crippen LogP) is 4.08. The first-order valence-electron chi connectivity index (χ1n) is 8.94. The molecule has 1 aromatic carbocycles. The molecule has 0 radical (unpaired) electrons. The SMILES string of the molecule is Cc1ccc(-c2c(C)sc3nc(C)nc(N4CCCNCC4)c23)cc1. The summed E-state index contributed by atoms with van der Waals surface area (Å²) in [6, 6.07) is 8.81. The van der Waals surface area contributed by atoms with E-state index in [1.165, 1.54) is 27.0 Å². The summed E-state index contributed by atoms with van der Waals surface area (Å²) < 4.78 is 0. The Kier molecular flexibility index (Phi) is 4.44.